The zero-order chi connectivity index (χ0) is 24.3. The van der Waals surface area contributed by atoms with Crippen molar-refractivity contribution in [1.82, 2.24) is 9.55 Å². The highest BCUT2D eigenvalue weighted by Gasteiger charge is 2.29. The number of nitrogens with zero attached hydrogens (tertiary/aromatic N) is 2. The third kappa shape index (κ3) is 4.91. The van der Waals surface area contributed by atoms with Gasteiger partial charge in [-0.25, -0.2) is 9.78 Å². The summed E-state index contributed by atoms with van der Waals surface area (Å²) in [6.07, 6.45) is 3.91. The van der Waals surface area contributed by atoms with Gasteiger partial charge in [0.2, 0.25) is 5.78 Å². The summed E-state index contributed by atoms with van der Waals surface area (Å²) in [5.41, 5.74) is 2.98. The lowest BCUT2D eigenvalue weighted by Gasteiger charge is -2.21. The summed E-state index contributed by atoms with van der Waals surface area (Å²) in [6.45, 7) is 5.47. The number of carboxylic acids is 1. The number of rotatable bonds is 8. The van der Waals surface area contributed by atoms with E-state index in [1.807, 2.05) is 84.3 Å². The van der Waals surface area contributed by atoms with Crippen LogP contribution >= 0.6 is 0 Å². The normalized spacial score (nSPS) is 11.7. The number of aliphatic carboxylic acids is 1. The molecule has 4 rings (SSSR count). The van der Waals surface area contributed by atoms with Crippen LogP contribution in [0.4, 0.5) is 0 Å². The fraction of sp³-hybridized carbons (Fsp3) is 0.179. The summed E-state index contributed by atoms with van der Waals surface area (Å²) in [7, 11) is 0. The summed E-state index contributed by atoms with van der Waals surface area (Å²) in [4.78, 5) is 29.1. The van der Waals surface area contributed by atoms with E-state index in [2.05, 4.69) is 4.98 Å². The summed E-state index contributed by atoms with van der Waals surface area (Å²) >= 11 is 0. The van der Waals surface area contributed by atoms with Crippen LogP contribution in [0.3, 0.4) is 0 Å². The monoisotopic (exact) mass is 454 g/mol. The summed E-state index contributed by atoms with van der Waals surface area (Å²) in [5, 5.41) is 9.22. The van der Waals surface area contributed by atoms with Crippen molar-refractivity contribution < 1.29 is 19.4 Å². The number of carbonyl (C=O) groups is 2. The molecule has 1 aromatic heterocycles. The molecular weight excluding hydrogens is 428 g/mol. The summed E-state index contributed by atoms with van der Waals surface area (Å²) in [6, 6.07) is 22.4. The predicted molar refractivity (Wildman–Crippen MR) is 132 cm³/mol. The Morgan fingerprint density at radius 3 is 2.35 bits per heavy atom. The molecule has 172 valence electrons. The number of carbonyl (C=O) groups excluding carboxylic acids is 1. The van der Waals surface area contributed by atoms with Gasteiger partial charge in [-0.15, -0.1) is 0 Å². The third-order valence-corrected chi connectivity index (χ3v) is 5.54. The lowest BCUT2D eigenvalue weighted by atomic mass is 10.1. The van der Waals surface area contributed by atoms with Gasteiger partial charge in [-0.2, -0.15) is 0 Å². The van der Waals surface area contributed by atoms with Gasteiger partial charge in [0, 0.05) is 12.1 Å². The third-order valence-electron chi connectivity index (χ3n) is 5.54. The van der Waals surface area contributed by atoms with Crippen molar-refractivity contribution in [2.45, 2.75) is 32.9 Å². The molecule has 1 heterocycles. The quantitative estimate of drug-likeness (QED) is 0.354. The van der Waals surface area contributed by atoms with E-state index in [0.717, 1.165) is 22.2 Å². The number of hydrogen-bond donors (Lipinski definition) is 1. The second-order valence-electron chi connectivity index (χ2n) is 8.62. The molecule has 0 aliphatic heterocycles. The van der Waals surface area contributed by atoms with Gasteiger partial charge in [0.1, 0.15) is 5.75 Å². The lowest BCUT2D eigenvalue weighted by molar-refractivity contribution is -0.152. The Labute approximate surface area is 198 Å². The lowest BCUT2D eigenvalue weighted by Crippen LogP contribution is -2.37. The molecule has 0 radical (unpaired) electrons. The Bertz CT molecular complexity index is 1360. The van der Waals surface area contributed by atoms with Crippen molar-refractivity contribution >= 4 is 28.9 Å². The molecular formula is C28H26N2O4. The van der Waals surface area contributed by atoms with Gasteiger partial charge in [0.05, 0.1) is 11.0 Å². The minimum absolute atomic E-state index is 0.118. The number of carboxylic acid groups (broad SMARTS) is 1. The van der Waals surface area contributed by atoms with Crippen LogP contribution in [0.25, 0.3) is 17.1 Å². The van der Waals surface area contributed by atoms with Crippen LogP contribution in [-0.4, -0.2) is 32.0 Å². The fourth-order valence-corrected chi connectivity index (χ4v) is 3.55. The van der Waals surface area contributed by atoms with Gasteiger partial charge in [-0.05, 0) is 50.6 Å². The zero-order valence-electron chi connectivity index (χ0n) is 19.4. The molecule has 0 fully saturated rings. The molecule has 34 heavy (non-hydrogen) atoms. The Kier molecular flexibility index (Phi) is 6.32. The number of ether oxygens (including phenoxy) is 1. The van der Waals surface area contributed by atoms with Crippen LogP contribution in [0.5, 0.6) is 5.75 Å². The van der Waals surface area contributed by atoms with Gasteiger partial charge >= 0.3 is 5.97 Å². The molecule has 0 unspecified atom stereocenters. The SMILES string of the molecule is Cc1ccc(C(=O)c2nc3ccccc3n2C/C=C/c2ccc(OC(C)(C)C(=O)O)cc2)cc1. The van der Waals surface area contributed by atoms with Crippen molar-refractivity contribution in [2.24, 2.45) is 0 Å². The molecule has 0 spiro atoms. The van der Waals surface area contributed by atoms with E-state index in [1.54, 1.807) is 12.1 Å². The smallest absolute Gasteiger partial charge is 0.347 e. The van der Waals surface area contributed by atoms with Gasteiger partial charge in [-0.1, -0.05) is 66.2 Å². The van der Waals surface area contributed by atoms with Crippen molar-refractivity contribution in [3.05, 3.63) is 101 Å². The highest BCUT2D eigenvalue weighted by Crippen LogP contribution is 2.21. The molecule has 0 aliphatic rings. The van der Waals surface area contributed by atoms with Crippen LogP contribution in [0.15, 0.2) is 78.9 Å². The number of ketones is 1. The maximum atomic E-state index is 13.2. The van der Waals surface area contributed by atoms with E-state index >= 15 is 0 Å². The van der Waals surface area contributed by atoms with Crippen LogP contribution in [0.2, 0.25) is 0 Å². The Morgan fingerprint density at radius 2 is 1.68 bits per heavy atom. The standard InChI is InChI=1S/C28H26N2O4/c1-19-10-14-21(15-11-19)25(31)26-29-23-8-4-5-9-24(23)30(26)18-6-7-20-12-16-22(17-13-20)34-28(2,3)27(32)33/h4-17H,18H2,1-3H3,(H,32,33)/b7-6+. The number of para-hydroxylation sites is 2. The number of aromatic nitrogens is 2. The summed E-state index contributed by atoms with van der Waals surface area (Å²) in [5.74, 6) is -0.266. The van der Waals surface area contributed by atoms with Crippen molar-refractivity contribution in [3.63, 3.8) is 0 Å². The Balaban J connectivity index is 1.56. The van der Waals surface area contributed by atoms with Gasteiger partial charge < -0.3 is 14.4 Å². The van der Waals surface area contributed by atoms with Gasteiger partial charge in [0.15, 0.2) is 11.4 Å². The molecule has 1 N–H and O–H groups in total. The number of hydrogen-bond acceptors (Lipinski definition) is 4. The first-order valence-corrected chi connectivity index (χ1v) is 11.0. The second kappa shape index (κ2) is 9.35. The maximum absolute atomic E-state index is 13.2. The predicted octanol–water partition coefficient (Wildman–Crippen LogP) is 5.53. The van der Waals surface area contributed by atoms with E-state index in [-0.39, 0.29) is 5.78 Å². The minimum atomic E-state index is -1.31. The average molecular weight is 455 g/mol. The first kappa shape index (κ1) is 23.0. The van der Waals surface area contributed by atoms with Gasteiger partial charge in [0.25, 0.3) is 0 Å². The molecule has 3 aromatic carbocycles. The maximum Gasteiger partial charge on any atom is 0.347 e. The van der Waals surface area contributed by atoms with E-state index in [9.17, 15) is 14.7 Å². The number of imidazole rings is 1. The molecule has 4 aromatic rings. The highest BCUT2D eigenvalue weighted by molar-refractivity contribution is 6.08. The van der Waals surface area contributed by atoms with E-state index < -0.39 is 11.6 Å². The first-order valence-electron chi connectivity index (χ1n) is 11.0. The first-order chi connectivity index (χ1) is 16.2. The highest BCUT2D eigenvalue weighted by atomic mass is 16.5. The Morgan fingerprint density at radius 1 is 1.00 bits per heavy atom. The van der Waals surface area contributed by atoms with E-state index in [4.69, 9.17) is 4.74 Å². The molecule has 6 heteroatoms. The van der Waals surface area contributed by atoms with Crippen LogP contribution in [0, 0.1) is 6.92 Å². The van der Waals surface area contributed by atoms with Crippen LogP contribution in [0.1, 0.15) is 41.2 Å². The molecule has 0 amide bonds. The molecule has 0 saturated heterocycles. The minimum Gasteiger partial charge on any atom is -0.478 e. The van der Waals surface area contributed by atoms with Crippen LogP contribution < -0.4 is 4.74 Å². The molecule has 0 atom stereocenters. The molecule has 6 nitrogen and oxygen atoms in total. The number of fused-ring (bicyclic) bond motifs is 1. The van der Waals surface area contributed by atoms with Crippen molar-refractivity contribution in [3.8, 4) is 5.75 Å². The van der Waals surface area contributed by atoms with Crippen LogP contribution in [-0.2, 0) is 11.3 Å². The van der Waals surface area contributed by atoms with Gasteiger partial charge in [-0.3, -0.25) is 4.79 Å². The van der Waals surface area contributed by atoms with E-state index in [1.165, 1.54) is 13.8 Å². The summed E-state index contributed by atoms with van der Waals surface area (Å²) < 4.78 is 7.47. The number of benzene rings is 3. The van der Waals surface area contributed by atoms with Crippen molar-refractivity contribution in [1.29, 1.82) is 0 Å². The molecule has 0 saturated carbocycles. The molecule has 0 bridgehead atoms. The molecule has 0 aliphatic carbocycles. The number of aryl methyl sites for hydroxylation is 1. The topological polar surface area (TPSA) is 81.4 Å². The second-order valence-corrected chi connectivity index (χ2v) is 8.62. The van der Waals surface area contributed by atoms with Crippen molar-refractivity contribution in [2.75, 3.05) is 0 Å². The zero-order valence-corrected chi connectivity index (χ0v) is 19.4. The average Bonchev–Trinajstić information content (AvgIpc) is 3.18. The fourth-order valence-electron chi connectivity index (χ4n) is 3.55. The number of allylic oxidation sites excluding steroid dienone is 1. The van der Waals surface area contributed by atoms with E-state index in [0.29, 0.717) is 23.7 Å². The Hall–Kier alpha value is -4.19. The largest absolute Gasteiger partial charge is 0.478 e.